The Morgan fingerprint density at radius 3 is 2.74 bits per heavy atom. The number of ether oxygens (including phenoxy) is 1. The third-order valence-electron chi connectivity index (χ3n) is 2.79. The molecular weight excluding hydrogens is 294 g/mol. The van der Waals surface area contributed by atoms with Crippen molar-refractivity contribution < 1.29 is 14.3 Å². The number of pyridine rings is 1. The number of primary amides is 1. The number of aromatic nitrogens is 1. The molecule has 0 aliphatic carbocycles. The van der Waals surface area contributed by atoms with E-state index in [1.807, 2.05) is 30.3 Å². The molecule has 0 aliphatic heterocycles. The molecule has 1 aromatic carbocycles. The number of amides is 2. The molecule has 2 aromatic rings. The van der Waals surface area contributed by atoms with Gasteiger partial charge in [-0.05, 0) is 11.6 Å². The van der Waals surface area contributed by atoms with E-state index in [1.54, 1.807) is 0 Å². The first-order valence-corrected chi connectivity index (χ1v) is 6.83. The van der Waals surface area contributed by atoms with Gasteiger partial charge in [-0.25, -0.2) is 4.79 Å². The molecule has 3 N–H and O–H groups in total. The molecule has 0 radical (unpaired) electrons. The highest BCUT2D eigenvalue weighted by molar-refractivity contribution is 5.92. The van der Waals surface area contributed by atoms with E-state index in [4.69, 9.17) is 10.5 Å². The Kier molecular flexibility index (Phi) is 5.72. The summed E-state index contributed by atoms with van der Waals surface area (Å²) in [4.78, 5) is 26.4. The minimum absolute atomic E-state index is 0.119. The van der Waals surface area contributed by atoms with Crippen LogP contribution in [0.5, 0.6) is 0 Å². The average molecular weight is 309 g/mol. The topological polar surface area (TPSA) is 94.3 Å². The monoisotopic (exact) mass is 309 g/mol. The number of rotatable bonds is 4. The molecule has 0 saturated heterocycles. The van der Waals surface area contributed by atoms with E-state index in [2.05, 4.69) is 22.1 Å². The Bertz CT molecular complexity index is 748. The number of benzene rings is 1. The second-order valence-corrected chi connectivity index (χ2v) is 4.54. The molecule has 0 bridgehead atoms. The number of nitrogens with one attached hydrogen (secondary N) is 1. The van der Waals surface area contributed by atoms with E-state index in [-0.39, 0.29) is 18.7 Å². The molecule has 0 spiro atoms. The van der Waals surface area contributed by atoms with E-state index in [1.165, 1.54) is 18.5 Å². The number of hydrogen-bond donors (Lipinski definition) is 2. The lowest BCUT2D eigenvalue weighted by molar-refractivity contribution is 0.0999. The molecule has 6 nitrogen and oxygen atoms in total. The summed E-state index contributed by atoms with van der Waals surface area (Å²) < 4.78 is 5.04. The van der Waals surface area contributed by atoms with Gasteiger partial charge in [0.2, 0.25) is 5.91 Å². The molecule has 1 aromatic heterocycles. The summed E-state index contributed by atoms with van der Waals surface area (Å²) in [6.07, 6.45) is 2.33. The Labute approximate surface area is 133 Å². The maximum absolute atomic E-state index is 11.5. The minimum Gasteiger partial charge on any atom is -0.445 e. The van der Waals surface area contributed by atoms with Crippen LogP contribution in [-0.2, 0) is 11.3 Å². The standard InChI is InChI=1S/C17H15N3O3/c18-16(21)15-9-14(10-19-11-15)7-4-8-20-17(22)23-12-13-5-2-1-3-6-13/h1-3,5-6,9-11H,8,12H2,(H2,18,21)(H,20,22). The first-order chi connectivity index (χ1) is 11.1. The number of nitrogens with two attached hydrogens (primary N) is 1. The Morgan fingerprint density at radius 1 is 1.22 bits per heavy atom. The molecular formula is C17H15N3O3. The van der Waals surface area contributed by atoms with Gasteiger partial charge < -0.3 is 15.8 Å². The highest BCUT2D eigenvalue weighted by Crippen LogP contribution is 2.01. The van der Waals surface area contributed by atoms with Gasteiger partial charge in [-0.1, -0.05) is 42.2 Å². The van der Waals surface area contributed by atoms with Crippen molar-refractivity contribution in [2.75, 3.05) is 6.54 Å². The van der Waals surface area contributed by atoms with E-state index in [0.717, 1.165) is 5.56 Å². The van der Waals surface area contributed by atoms with Gasteiger partial charge >= 0.3 is 6.09 Å². The Hall–Kier alpha value is -3.33. The van der Waals surface area contributed by atoms with Crippen LogP contribution in [0.3, 0.4) is 0 Å². The van der Waals surface area contributed by atoms with E-state index in [0.29, 0.717) is 5.56 Å². The van der Waals surface area contributed by atoms with Crippen LogP contribution in [0, 0.1) is 11.8 Å². The third kappa shape index (κ3) is 5.52. The third-order valence-corrected chi connectivity index (χ3v) is 2.79. The number of alkyl carbamates (subject to hydrolysis) is 1. The van der Waals surface area contributed by atoms with Crippen LogP contribution >= 0.6 is 0 Å². The number of carbonyl (C=O) groups is 2. The van der Waals surface area contributed by atoms with Crippen LogP contribution < -0.4 is 11.1 Å². The highest BCUT2D eigenvalue weighted by atomic mass is 16.5. The van der Waals surface area contributed by atoms with Crippen molar-refractivity contribution in [1.82, 2.24) is 10.3 Å². The summed E-state index contributed by atoms with van der Waals surface area (Å²) in [6, 6.07) is 10.9. The van der Waals surface area contributed by atoms with Crippen LogP contribution in [0.1, 0.15) is 21.5 Å². The highest BCUT2D eigenvalue weighted by Gasteiger charge is 2.01. The SMILES string of the molecule is NC(=O)c1cncc(C#CCNC(=O)OCc2ccccc2)c1. The first kappa shape index (κ1) is 16.0. The maximum atomic E-state index is 11.5. The zero-order chi connectivity index (χ0) is 16.5. The summed E-state index contributed by atoms with van der Waals surface area (Å²) in [5, 5.41) is 2.51. The van der Waals surface area contributed by atoms with Crippen LogP contribution in [0.4, 0.5) is 4.79 Å². The summed E-state index contributed by atoms with van der Waals surface area (Å²) in [7, 11) is 0. The molecule has 0 atom stereocenters. The normalized spacial score (nSPS) is 9.39. The fraction of sp³-hybridized carbons (Fsp3) is 0.118. The van der Waals surface area contributed by atoms with Gasteiger partial charge in [0.25, 0.3) is 0 Å². The molecule has 0 fully saturated rings. The van der Waals surface area contributed by atoms with Gasteiger partial charge in [-0.3, -0.25) is 9.78 Å². The molecule has 0 aliphatic rings. The van der Waals surface area contributed by atoms with Gasteiger partial charge in [0.15, 0.2) is 0 Å². The Balaban J connectivity index is 1.78. The largest absolute Gasteiger partial charge is 0.445 e. The summed E-state index contributed by atoms with van der Waals surface area (Å²) in [6.45, 7) is 0.319. The van der Waals surface area contributed by atoms with Gasteiger partial charge in [0.05, 0.1) is 12.1 Å². The van der Waals surface area contributed by atoms with Gasteiger partial charge in [-0.15, -0.1) is 0 Å². The number of carbonyl (C=O) groups excluding carboxylic acids is 2. The molecule has 6 heteroatoms. The van der Waals surface area contributed by atoms with Crippen LogP contribution in [0.2, 0.25) is 0 Å². The quantitative estimate of drug-likeness (QED) is 0.836. The van der Waals surface area contributed by atoms with Crippen molar-refractivity contribution in [2.45, 2.75) is 6.61 Å². The molecule has 0 saturated carbocycles. The van der Waals surface area contributed by atoms with Crippen molar-refractivity contribution in [3.63, 3.8) is 0 Å². The second kappa shape index (κ2) is 8.20. The predicted octanol–water partition coefficient (Wildman–Crippen LogP) is 1.46. The Morgan fingerprint density at radius 2 is 2.00 bits per heavy atom. The first-order valence-electron chi connectivity index (χ1n) is 6.83. The van der Waals surface area contributed by atoms with Crippen LogP contribution in [-0.4, -0.2) is 23.5 Å². The summed E-state index contributed by atoms with van der Waals surface area (Å²) in [5.74, 6) is 4.96. The van der Waals surface area contributed by atoms with Crippen LogP contribution in [0.15, 0.2) is 48.8 Å². The minimum atomic E-state index is -0.566. The molecule has 2 rings (SSSR count). The summed E-state index contributed by atoms with van der Waals surface area (Å²) in [5.41, 5.74) is 6.89. The smallest absolute Gasteiger partial charge is 0.408 e. The number of nitrogens with zero attached hydrogens (tertiary/aromatic N) is 1. The van der Waals surface area contributed by atoms with Crippen molar-refractivity contribution in [3.8, 4) is 11.8 Å². The fourth-order valence-electron chi connectivity index (χ4n) is 1.68. The zero-order valence-electron chi connectivity index (χ0n) is 12.3. The molecule has 1 heterocycles. The molecule has 2 amide bonds. The van der Waals surface area contributed by atoms with Gasteiger partial charge in [0, 0.05) is 18.0 Å². The molecule has 23 heavy (non-hydrogen) atoms. The van der Waals surface area contributed by atoms with Crippen LogP contribution in [0.25, 0.3) is 0 Å². The maximum Gasteiger partial charge on any atom is 0.408 e. The van der Waals surface area contributed by atoms with Crippen molar-refractivity contribution in [1.29, 1.82) is 0 Å². The lowest BCUT2D eigenvalue weighted by atomic mass is 10.2. The number of hydrogen-bond acceptors (Lipinski definition) is 4. The van der Waals surface area contributed by atoms with Crippen molar-refractivity contribution in [2.24, 2.45) is 5.73 Å². The van der Waals surface area contributed by atoms with Gasteiger partial charge in [0.1, 0.15) is 6.61 Å². The zero-order valence-corrected chi connectivity index (χ0v) is 12.3. The predicted molar refractivity (Wildman–Crippen MR) is 84.3 cm³/mol. The van der Waals surface area contributed by atoms with E-state index in [9.17, 15) is 9.59 Å². The van der Waals surface area contributed by atoms with Crippen molar-refractivity contribution in [3.05, 3.63) is 65.5 Å². The lowest BCUT2D eigenvalue weighted by Gasteiger charge is -2.04. The van der Waals surface area contributed by atoms with E-state index < -0.39 is 12.0 Å². The van der Waals surface area contributed by atoms with E-state index >= 15 is 0 Å². The van der Waals surface area contributed by atoms with Crippen molar-refractivity contribution >= 4 is 12.0 Å². The average Bonchev–Trinajstić information content (AvgIpc) is 2.58. The fourth-order valence-corrected chi connectivity index (χ4v) is 1.68. The lowest BCUT2D eigenvalue weighted by Crippen LogP contribution is -2.24. The summed E-state index contributed by atoms with van der Waals surface area (Å²) >= 11 is 0. The molecule has 0 unspecified atom stereocenters. The van der Waals surface area contributed by atoms with Gasteiger partial charge in [-0.2, -0.15) is 0 Å². The second-order valence-electron chi connectivity index (χ2n) is 4.54. The molecule has 116 valence electrons.